The van der Waals surface area contributed by atoms with Gasteiger partial charge in [0, 0.05) is 26.2 Å². The third kappa shape index (κ3) is 6.19. The van der Waals surface area contributed by atoms with Crippen LogP contribution in [0, 0.1) is 6.92 Å². The summed E-state index contributed by atoms with van der Waals surface area (Å²) in [5.41, 5.74) is 0.102. The fourth-order valence-electron chi connectivity index (χ4n) is 3.07. The fraction of sp³-hybridized carbons (Fsp3) is 0.579. The van der Waals surface area contributed by atoms with Crippen LogP contribution in [0.1, 0.15) is 23.8 Å². The molecule has 0 aliphatic carbocycles. The van der Waals surface area contributed by atoms with Crippen LogP contribution in [0.4, 0.5) is 18.3 Å². The Morgan fingerprint density at radius 1 is 1.28 bits per heavy atom. The van der Waals surface area contributed by atoms with Crippen molar-refractivity contribution >= 4 is 22.4 Å². The molecule has 1 aliphatic heterocycles. The van der Waals surface area contributed by atoms with Crippen LogP contribution in [0.3, 0.4) is 0 Å². The Bertz CT molecular complexity index is 972. The molecule has 13 heteroatoms. The van der Waals surface area contributed by atoms with Crippen LogP contribution in [0.5, 0.6) is 5.75 Å². The van der Waals surface area contributed by atoms with Gasteiger partial charge in [-0.3, -0.25) is 9.59 Å². The number of anilines is 1. The normalized spacial score (nSPS) is 15.7. The lowest BCUT2D eigenvalue weighted by molar-refractivity contribution is -0.134. The molecule has 0 saturated carbocycles. The van der Waals surface area contributed by atoms with Crippen LogP contribution in [0.2, 0.25) is 0 Å². The van der Waals surface area contributed by atoms with Gasteiger partial charge in [0.25, 0.3) is 5.56 Å². The second kappa shape index (κ2) is 10.3. The summed E-state index contributed by atoms with van der Waals surface area (Å²) in [5.74, 6) is 0.296. The van der Waals surface area contributed by atoms with Crippen molar-refractivity contribution in [2.45, 2.75) is 32.5 Å². The monoisotopic (exact) mass is 475 g/mol. The molecule has 1 atom stereocenters. The van der Waals surface area contributed by atoms with Crippen LogP contribution in [-0.4, -0.2) is 71.5 Å². The molecule has 2 aromatic heterocycles. The van der Waals surface area contributed by atoms with Crippen molar-refractivity contribution in [3.05, 3.63) is 33.2 Å². The van der Waals surface area contributed by atoms with Crippen molar-refractivity contribution in [3.8, 4) is 5.75 Å². The number of thiazole rings is 1. The predicted octanol–water partition coefficient (Wildman–Crippen LogP) is 2.08. The maximum atomic E-state index is 12.7. The Balaban J connectivity index is 1.36. The van der Waals surface area contributed by atoms with Crippen molar-refractivity contribution in [1.29, 1.82) is 0 Å². The number of halogens is 3. The highest BCUT2D eigenvalue weighted by Gasteiger charge is 2.34. The van der Waals surface area contributed by atoms with Gasteiger partial charge in [-0.15, -0.1) is 0 Å². The smallest absolute Gasteiger partial charge is 0.427 e. The molecule has 3 heterocycles. The SMILES string of the molecule is Cc1c(O[C@@H](C)COCCC(=O)N2CCN(c3ncc(C(F)(F)F)s3)CC2)cn[nH]c1=O. The first kappa shape index (κ1) is 24.0. The average Bonchev–Trinajstić information content (AvgIpc) is 3.25. The van der Waals surface area contributed by atoms with E-state index in [1.165, 1.54) is 6.20 Å². The maximum absolute atomic E-state index is 12.7. The van der Waals surface area contributed by atoms with Crippen molar-refractivity contribution in [2.24, 2.45) is 0 Å². The number of amides is 1. The summed E-state index contributed by atoms with van der Waals surface area (Å²) < 4.78 is 49.4. The van der Waals surface area contributed by atoms with Gasteiger partial charge in [-0.2, -0.15) is 18.3 Å². The van der Waals surface area contributed by atoms with E-state index in [1.807, 2.05) is 0 Å². The number of piperazine rings is 1. The molecule has 1 fully saturated rings. The summed E-state index contributed by atoms with van der Waals surface area (Å²) >= 11 is 0.609. The van der Waals surface area contributed by atoms with Gasteiger partial charge in [0.05, 0.1) is 37.6 Å². The molecule has 1 aliphatic rings. The number of ether oxygens (including phenoxy) is 2. The molecule has 32 heavy (non-hydrogen) atoms. The molecule has 1 N–H and O–H groups in total. The van der Waals surface area contributed by atoms with E-state index in [-0.39, 0.29) is 37.2 Å². The Morgan fingerprint density at radius 3 is 2.66 bits per heavy atom. The molecule has 0 radical (unpaired) electrons. The number of alkyl halides is 3. The van der Waals surface area contributed by atoms with Gasteiger partial charge >= 0.3 is 6.18 Å². The molecule has 1 amide bonds. The van der Waals surface area contributed by atoms with E-state index in [0.29, 0.717) is 54.0 Å². The molecule has 176 valence electrons. The third-order valence-electron chi connectivity index (χ3n) is 4.87. The molecule has 1 saturated heterocycles. The van der Waals surface area contributed by atoms with Crippen LogP contribution in [-0.2, 0) is 15.7 Å². The average molecular weight is 475 g/mol. The molecular weight excluding hydrogens is 451 g/mol. The number of nitrogens with one attached hydrogen (secondary N) is 1. The van der Waals surface area contributed by atoms with E-state index in [1.54, 1.807) is 23.6 Å². The van der Waals surface area contributed by atoms with Crippen molar-refractivity contribution in [3.63, 3.8) is 0 Å². The minimum absolute atomic E-state index is 0.0806. The quantitative estimate of drug-likeness (QED) is 0.584. The summed E-state index contributed by atoms with van der Waals surface area (Å²) in [6.07, 6.45) is -2.28. The third-order valence-corrected chi connectivity index (χ3v) is 5.98. The van der Waals surface area contributed by atoms with Gasteiger partial charge in [0.2, 0.25) is 5.91 Å². The number of hydrogen-bond donors (Lipinski definition) is 1. The summed E-state index contributed by atoms with van der Waals surface area (Å²) in [5, 5.41) is 6.33. The van der Waals surface area contributed by atoms with Crippen LogP contribution in [0.25, 0.3) is 0 Å². The fourth-order valence-corrected chi connectivity index (χ4v) is 3.90. The first-order chi connectivity index (χ1) is 15.1. The van der Waals surface area contributed by atoms with Gasteiger partial charge in [-0.25, -0.2) is 10.1 Å². The summed E-state index contributed by atoms with van der Waals surface area (Å²) in [7, 11) is 0. The topological polar surface area (TPSA) is 101 Å². The number of carbonyl (C=O) groups excluding carboxylic acids is 1. The summed E-state index contributed by atoms with van der Waals surface area (Å²) in [4.78, 5) is 30.5. The predicted molar refractivity (Wildman–Crippen MR) is 111 cm³/mol. The molecule has 9 nitrogen and oxygen atoms in total. The number of nitrogens with zero attached hydrogens (tertiary/aromatic N) is 4. The highest BCUT2D eigenvalue weighted by Crippen LogP contribution is 2.36. The molecular formula is C19H24F3N5O4S. The van der Waals surface area contributed by atoms with Crippen molar-refractivity contribution in [2.75, 3.05) is 44.3 Å². The van der Waals surface area contributed by atoms with Crippen LogP contribution >= 0.6 is 11.3 Å². The summed E-state index contributed by atoms with van der Waals surface area (Å²) in [6, 6.07) is 0. The number of aromatic nitrogens is 3. The second-order valence-corrected chi connectivity index (χ2v) is 8.32. The first-order valence-electron chi connectivity index (χ1n) is 9.99. The minimum Gasteiger partial charge on any atom is -0.486 e. The van der Waals surface area contributed by atoms with Crippen LogP contribution < -0.4 is 15.2 Å². The zero-order chi connectivity index (χ0) is 23.3. The lowest BCUT2D eigenvalue weighted by Gasteiger charge is -2.34. The van der Waals surface area contributed by atoms with Crippen molar-refractivity contribution in [1.82, 2.24) is 20.1 Å². The number of carbonyl (C=O) groups is 1. The maximum Gasteiger partial charge on any atom is 0.427 e. The lowest BCUT2D eigenvalue weighted by Crippen LogP contribution is -2.49. The number of aromatic amines is 1. The van der Waals surface area contributed by atoms with E-state index in [9.17, 15) is 22.8 Å². The highest BCUT2D eigenvalue weighted by atomic mass is 32.1. The molecule has 0 unspecified atom stereocenters. The van der Waals surface area contributed by atoms with E-state index in [0.717, 1.165) is 6.20 Å². The number of H-pyrrole nitrogens is 1. The molecule has 3 rings (SSSR count). The second-order valence-electron chi connectivity index (χ2n) is 7.31. The first-order valence-corrected chi connectivity index (χ1v) is 10.8. The Hall–Kier alpha value is -2.67. The Kier molecular flexibility index (Phi) is 7.72. The molecule has 0 spiro atoms. The molecule has 2 aromatic rings. The standard InChI is InChI=1S/C19H24F3N5O4S/c1-12(31-14-9-24-25-17(29)13(14)2)11-30-8-3-16(28)26-4-6-27(7-5-26)18-23-10-15(32-18)19(20,21)22/h9-10,12H,3-8,11H2,1-2H3,(H,25,29)/t12-/m0/s1. The Morgan fingerprint density at radius 2 is 2.00 bits per heavy atom. The van der Waals surface area contributed by atoms with Gasteiger partial charge < -0.3 is 19.3 Å². The largest absolute Gasteiger partial charge is 0.486 e. The minimum atomic E-state index is -4.40. The number of hydrogen-bond acceptors (Lipinski definition) is 8. The summed E-state index contributed by atoms with van der Waals surface area (Å²) in [6.45, 7) is 5.52. The van der Waals surface area contributed by atoms with Gasteiger partial charge in [-0.1, -0.05) is 11.3 Å². The van der Waals surface area contributed by atoms with E-state index in [4.69, 9.17) is 9.47 Å². The zero-order valence-electron chi connectivity index (χ0n) is 17.6. The molecule has 0 bridgehead atoms. The van der Waals surface area contributed by atoms with Gasteiger partial charge in [0.1, 0.15) is 16.7 Å². The van der Waals surface area contributed by atoms with Crippen LogP contribution in [0.15, 0.2) is 17.2 Å². The van der Waals surface area contributed by atoms with E-state index >= 15 is 0 Å². The van der Waals surface area contributed by atoms with Gasteiger partial charge in [-0.05, 0) is 13.8 Å². The van der Waals surface area contributed by atoms with E-state index < -0.39 is 11.1 Å². The van der Waals surface area contributed by atoms with Crippen molar-refractivity contribution < 1.29 is 27.4 Å². The lowest BCUT2D eigenvalue weighted by atomic mass is 10.3. The zero-order valence-corrected chi connectivity index (χ0v) is 18.5. The highest BCUT2D eigenvalue weighted by molar-refractivity contribution is 7.15. The van der Waals surface area contributed by atoms with Gasteiger partial charge in [0.15, 0.2) is 5.13 Å². The Labute approximate surface area is 186 Å². The molecule has 0 aromatic carbocycles. The number of rotatable bonds is 8. The van der Waals surface area contributed by atoms with E-state index in [2.05, 4.69) is 15.2 Å².